The van der Waals surface area contributed by atoms with Crippen LogP contribution in [0.15, 0.2) is 18.7 Å². The van der Waals surface area contributed by atoms with E-state index in [4.69, 9.17) is 16.1 Å². The van der Waals surface area contributed by atoms with Crippen LogP contribution in [-0.4, -0.2) is 26.4 Å². The van der Waals surface area contributed by atoms with E-state index >= 15 is 0 Å². The Morgan fingerprint density at radius 3 is 2.30 bits per heavy atom. The van der Waals surface area contributed by atoms with Crippen LogP contribution < -0.4 is 0 Å². The Morgan fingerprint density at radius 2 is 1.80 bits per heavy atom. The summed E-state index contributed by atoms with van der Waals surface area (Å²) in [6, 6.07) is 0. The standard InChI is InChI=1S/C8H13O2/c1-3-5-9-7-8-10-6-4-2/h1,3-4H,2,5-8H2/q+1. The van der Waals surface area contributed by atoms with Gasteiger partial charge in [0.15, 0.2) is 6.08 Å². The Kier molecular flexibility index (Phi) is 7.74. The topological polar surface area (TPSA) is 18.5 Å². The molecule has 0 aromatic carbocycles. The van der Waals surface area contributed by atoms with Gasteiger partial charge in [0.1, 0.15) is 6.61 Å². The summed E-state index contributed by atoms with van der Waals surface area (Å²) in [5.74, 6) is 0. The largest absolute Gasteiger partial charge is 0.375 e. The van der Waals surface area contributed by atoms with Crippen molar-refractivity contribution < 1.29 is 9.47 Å². The molecule has 0 atom stereocenters. The summed E-state index contributed by atoms with van der Waals surface area (Å²) in [5.41, 5.74) is 0. The lowest BCUT2D eigenvalue weighted by Gasteiger charge is -1.98. The lowest BCUT2D eigenvalue weighted by atomic mass is 10.6. The lowest BCUT2D eigenvalue weighted by molar-refractivity contribution is 0.0709. The van der Waals surface area contributed by atoms with Crippen molar-refractivity contribution in [3.05, 3.63) is 25.3 Å². The minimum Gasteiger partial charge on any atom is -0.375 e. The van der Waals surface area contributed by atoms with Gasteiger partial charge in [0, 0.05) is 0 Å². The van der Waals surface area contributed by atoms with Crippen molar-refractivity contribution in [3.8, 4) is 0 Å². The van der Waals surface area contributed by atoms with Crippen molar-refractivity contribution in [2.45, 2.75) is 0 Å². The molecule has 2 nitrogen and oxygen atoms in total. The summed E-state index contributed by atoms with van der Waals surface area (Å²) >= 11 is 0. The first-order valence-electron chi connectivity index (χ1n) is 3.21. The summed E-state index contributed by atoms with van der Waals surface area (Å²) in [6.07, 6.45) is 3.17. The van der Waals surface area contributed by atoms with Crippen molar-refractivity contribution in [1.29, 1.82) is 0 Å². The molecule has 0 aliphatic carbocycles. The quantitative estimate of drug-likeness (QED) is 0.301. The molecule has 0 amide bonds. The zero-order chi connectivity index (χ0) is 7.66. The highest BCUT2D eigenvalue weighted by Gasteiger charge is 1.85. The highest BCUT2D eigenvalue weighted by molar-refractivity contribution is 4.63. The molecule has 0 radical (unpaired) electrons. The first-order chi connectivity index (χ1) is 4.91. The third kappa shape index (κ3) is 7.31. The predicted molar refractivity (Wildman–Crippen MR) is 40.7 cm³/mol. The van der Waals surface area contributed by atoms with Crippen LogP contribution in [0.1, 0.15) is 0 Å². The molecular formula is C8H13O2+. The van der Waals surface area contributed by atoms with E-state index in [1.807, 2.05) is 0 Å². The van der Waals surface area contributed by atoms with Gasteiger partial charge in [-0.2, -0.15) is 0 Å². The fraction of sp³-hybridized carbons (Fsp3) is 0.500. The number of hydrogen-bond donors (Lipinski definition) is 0. The third-order valence-corrected chi connectivity index (χ3v) is 0.822. The van der Waals surface area contributed by atoms with Gasteiger partial charge in [0.2, 0.25) is 6.58 Å². The van der Waals surface area contributed by atoms with Gasteiger partial charge in [-0.25, -0.2) is 0 Å². The molecule has 0 heterocycles. The molecular weight excluding hydrogens is 128 g/mol. The molecule has 0 saturated carbocycles. The average Bonchev–Trinajstić information content (AvgIpc) is 1.97. The molecule has 56 valence electrons. The zero-order valence-electron chi connectivity index (χ0n) is 6.08. The van der Waals surface area contributed by atoms with E-state index in [-0.39, 0.29) is 0 Å². The van der Waals surface area contributed by atoms with Crippen LogP contribution in [0.5, 0.6) is 0 Å². The van der Waals surface area contributed by atoms with Gasteiger partial charge in [-0.1, -0.05) is 6.08 Å². The second-order valence-corrected chi connectivity index (χ2v) is 1.67. The molecule has 0 aromatic heterocycles. The van der Waals surface area contributed by atoms with E-state index in [1.165, 1.54) is 6.08 Å². The SMILES string of the molecule is [CH+]=CCOCCOCC=C. The van der Waals surface area contributed by atoms with Gasteiger partial charge in [-0.3, -0.25) is 0 Å². The molecule has 0 saturated heterocycles. The highest BCUT2D eigenvalue weighted by atomic mass is 16.5. The van der Waals surface area contributed by atoms with Gasteiger partial charge < -0.3 is 9.47 Å². The maximum atomic E-state index is 5.06. The summed E-state index contributed by atoms with van der Waals surface area (Å²) < 4.78 is 10.0. The summed E-state index contributed by atoms with van der Waals surface area (Å²) in [6.45, 7) is 10.8. The number of rotatable bonds is 7. The molecule has 0 N–H and O–H groups in total. The minimum absolute atomic E-state index is 0.484. The Labute approximate surface area is 62.1 Å². The Hall–Kier alpha value is -0.690. The first-order valence-corrected chi connectivity index (χ1v) is 3.21. The molecule has 0 aliphatic rings. The maximum absolute atomic E-state index is 5.06. The van der Waals surface area contributed by atoms with E-state index in [9.17, 15) is 0 Å². The summed E-state index contributed by atoms with van der Waals surface area (Å²) in [4.78, 5) is 0. The van der Waals surface area contributed by atoms with Crippen LogP contribution in [0.3, 0.4) is 0 Å². The molecule has 0 unspecified atom stereocenters. The fourth-order valence-electron chi connectivity index (χ4n) is 0.436. The molecule has 10 heavy (non-hydrogen) atoms. The highest BCUT2D eigenvalue weighted by Crippen LogP contribution is 1.78. The van der Waals surface area contributed by atoms with E-state index in [0.29, 0.717) is 26.4 Å². The van der Waals surface area contributed by atoms with Gasteiger partial charge in [-0.15, -0.1) is 6.58 Å². The third-order valence-electron chi connectivity index (χ3n) is 0.822. The monoisotopic (exact) mass is 141 g/mol. The van der Waals surface area contributed by atoms with E-state index in [1.54, 1.807) is 6.08 Å². The van der Waals surface area contributed by atoms with E-state index < -0.39 is 0 Å². The second-order valence-electron chi connectivity index (χ2n) is 1.67. The van der Waals surface area contributed by atoms with Crippen LogP contribution in [0.25, 0.3) is 0 Å². The van der Waals surface area contributed by atoms with Gasteiger partial charge in [-0.05, 0) is 0 Å². The molecule has 0 rings (SSSR count). The van der Waals surface area contributed by atoms with Crippen LogP contribution in [0.4, 0.5) is 0 Å². The normalized spacial score (nSPS) is 9.10. The first kappa shape index (κ1) is 9.31. The van der Waals surface area contributed by atoms with Crippen LogP contribution >= 0.6 is 0 Å². The maximum Gasteiger partial charge on any atom is 0.204 e. The van der Waals surface area contributed by atoms with E-state index in [2.05, 4.69) is 6.58 Å². The Balaban J connectivity index is 2.76. The van der Waals surface area contributed by atoms with Crippen molar-refractivity contribution >= 4 is 0 Å². The van der Waals surface area contributed by atoms with Gasteiger partial charge >= 0.3 is 0 Å². The zero-order valence-corrected chi connectivity index (χ0v) is 6.08. The lowest BCUT2D eigenvalue weighted by Crippen LogP contribution is -2.03. The Bertz CT molecular complexity index is 77.3. The van der Waals surface area contributed by atoms with E-state index in [0.717, 1.165) is 0 Å². The summed E-state index contributed by atoms with van der Waals surface area (Å²) in [7, 11) is 0. The fourth-order valence-corrected chi connectivity index (χ4v) is 0.436. The van der Waals surface area contributed by atoms with Gasteiger partial charge in [0.05, 0.1) is 19.8 Å². The van der Waals surface area contributed by atoms with Crippen LogP contribution in [-0.2, 0) is 9.47 Å². The van der Waals surface area contributed by atoms with Crippen molar-refractivity contribution in [3.63, 3.8) is 0 Å². The smallest absolute Gasteiger partial charge is 0.204 e. The molecule has 2 heteroatoms. The van der Waals surface area contributed by atoms with Crippen LogP contribution in [0.2, 0.25) is 0 Å². The van der Waals surface area contributed by atoms with Crippen molar-refractivity contribution in [2.24, 2.45) is 0 Å². The van der Waals surface area contributed by atoms with Crippen molar-refractivity contribution in [1.82, 2.24) is 0 Å². The summed E-state index contributed by atoms with van der Waals surface area (Å²) in [5, 5.41) is 0. The van der Waals surface area contributed by atoms with Crippen LogP contribution in [0, 0.1) is 6.58 Å². The molecule has 0 aliphatic heterocycles. The number of ether oxygens (including phenoxy) is 2. The Morgan fingerprint density at radius 1 is 1.20 bits per heavy atom. The molecule has 0 aromatic rings. The molecule has 0 spiro atoms. The molecule has 0 fully saturated rings. The van der Waals surface area contributed by atoms with Gasteiger partial charge in [0.25, 0.3) is 0 Å². The average molecular weight is 141 g/mol. The number of hydrogen-bond acceptors (Lipinski definition) is 2. The predicted octanol–water partition coefficient (Wildman–Crippen LogP) is 1.19. The minimum atomic E-state index is 0.484. The second kappa shape index (κ2) is 8.31. The van der Waals surface area contributed by atoms with Crippen molar-refractivity contribution in [2.75, 3.05) is 26.4 Å². The molecule has 0 bridgehead atoms.